The first-order chi connectivity index (χ1) is 7.35. The van der Waals surface area contributed by atoms with E-state index in [0.29, 0.717) is 5.92 Å². The number of rotatable bonds is 4. The van der Waals surface area contributed by atoms with Crippen LogP contribution in [0.5, 0.6) is 5.75 Å². The van der Waals surface area contributed by atoms with Crippen molar-refractivity contribution in [2.45, 2.75) is 12.3 Å². The summed E-state index contributed by atoms with van der Waals surface area (Å²) in [6, 6.07) is 6.29. The molecule has 0 aromatic heterocycles. The standard InChI is InChI=1S/C12H18N2O/c1-13-6-5-9-8-14-12-7-10(15-2)3-4-11(9)12/h3-4,7,9,13-14H,5-6,8H2,1-2H3/t9-/m0/s1. The maximum atomic E-state index is 5.20. The first kappa shape index (κ1) is 10.3. The number of benzene rings is 1. The fourth-order valence-corrected chi connectivity index (χ4v) is 2.09. The molecule has 3 heteroatoms. The summed E-state index contributed by atoms with van der Waals surface area (Å²) in [5, 5.41) is 6.62. The van der Waals surface area contributed by atoms with E-state index in [9.17, 15) is 0 Å². The van der Waals surface area contributed by atoms with Gasteiger partial charge in [0.2, 0.25) is 0 Å². The predicted molar refractivity (Wildman–Crippen MR) is 62.8 cm³/mol. The quantitative estimate of drug-likeness (QED) is 0.788. The maximum Gasteiger partial charge on any atom is 0.120 e. The van der Waals surface area contributed by atoms with Crippen LogP contribution < -0.4 is 15.4 Å². The predicted octanol–water partition coefficient (Wildman–Crippen LogP) is 1.81. The SMILES string of the molecule is CNCC[C@H]1CNc2cc(OC)ccc21. The number of anilines is 1. The zero-order valence-corrected chi connectivity index (χ0v) is 9.34. The normalized spacial score (nSPS) is 18.4. The van der Waals surface area contributed by atoms with Gasteiger partial charge in [-0.3, -0.25) is 0 Å². The van der Waals surface area contributed by atoms with Gasteiger partial charge in [0.05, 0.1) is 7.11 Å². The van der Waals surface area contributed by atoms with Gasteiger partial charge in [0, 0.05) is 24.2 Å². The van der Waals surface area contributed by atoms with Gasteiger partial charge in [-0.25, -0.2) is 0 Å². The van der Waals surface area contributed by atoms with E-state index in [4.69, 9.17) is 4.74 Å². The van der Waals surface area contributed by atoms with Crippen molar-refractivity contribution in [3.63, 3.8) is 0 Å². The zero-order chi connectivity index (χ0) is 10.7. The van der Waals surface area contributed by atoms with Crippen molar-refractivity contribution >= 4 is 5.69 Å². The van der Waals surface area contributed by atoms with E-state index in [1.54, 1.807) is 7.11 Å². The van der Waals surface area contributed by atoms with Crippen molar-refractivity contribution in [3.8, 4) is 5.75 Å². The number of hydrogen-bond acceptors (Lipinski definition) is 3. The lowest BCUT2D eigenvalue weighted by Crippen LogP contribution is -2.13. The summed E-state index contributed by atoms with van der Waals surface area (Å²) in [5.74, 6) is 1.56. The molecule has 0 radical (unpaired) electrons. The van der Waals surface area contributed by atoms with Crippen LogP contribution in [0.3, 0.4) is 0 Å². The van der Waals surface area contributed by atoms with Crippen molar-refractivity contribution in [1.82, 2.24) is 5.32 Å². The Balaban J connectivity index is 2.13. The van der Waals surface area contributed by atoms with Gasteiger partial charge in [0.25, 0.3) is 0 Å². The number of methoxy groups -OCH3 is 1. The Hall–Kier alpha value is -1.22. The number of nitrogens with one attached hydrogen (secondary N) is 2. The van der Waals surface area contributed by atoms with E-state index < -0.39 is 0 Å². The lowest BCUT2D eigenvalue weighted by atomic mass is 9.98. The third kappa shape index (κ3) is 2.07. The number of hydrogen-bond donors (Lipinski definition) is 2. The highest BCUT2D eigenvalue weighted by Gasteiger charge is 2.21. The van der Waals surface area contributed by atoms with Crippen LogP contribution in [-0.4, -0.2) is 27.2 Å². The summed E-state index contributed by atoms with van der Waals surface area (Å²) < 4.78 is 5.20. The molecule has 0 bridgehead atoms. The fourth-order valence-electron chi connectivity index (χ4n) is 2.09. The summed E-state index contributed by atoms with van der Waals surface area (Å²) in [6.07, 6.45) is 1.18. The van der Waals surface area contributed by atoms with Crippen LogP contribution in [0.15, 0.2) is 18.2 Å². The average molecular weight is 206 g/mol. The molecular formula is C12H18N2O. The molecule has 0 saturated carbocycles. The van der Waals surface area contributed by atoms with Gasteiger partial charge in [0.1, 0.15) is 5.75 Å². The molecule has 15 heavy (non-hydrogen) atoms. The van der Waals surface area contributed by atoms with Gasteiger partial charge in [-0.1, -0.05) is 6.07 Å². The van der Waals surface area contributed by atoms with Crippen molar-refractivity contribution in [2.24, 2.45) is 0 Å². The summed E-state index contributed by atoms with van der Waals surface area (Å²) in [7, 11) is 3.70. The van der Waals surface area contributed by atoms with E-state index >= 15 is 0 Å². The Kier molecular flexibility index (Phi) is 3.11. The van der Waals surface area contributed by atoms with Gasteiger partial charge in [-0.05, 0) is 31.6 Å². The molecule has 2 rings (SSSR count). The second-order valence-corrected chi connectivity index (χ2v) is 3.92. The highest BCUT2D eigenvalue weighted by molar-refractivity contribution is 5.60. The van der Waals surface area contributed by atoms with E-state index in [2.05, 4.69) is 22.8 Å². The molecule has 1 aromatic rings. The van der Waals surface area contributed by atoms with E-state index in [1.165, 1.54) is 17.7 Å². The van der Waals surface area contributed by atoms with E-state index in [0.717, 1.165) is 18.8 Å². The van der Waals surface area contributed by atoms with Crippen LogP contribution in [0, 0.1) is 0 Å². The first-order valence-corrected chi connectivity index (χ1v) is 5.41. The third-order valence-electron chi connectivity index (χ3n) is 2.98. The molecule has 1 atom stereocenters. The summed E-state index contributed by atoms with van der Waals surface area (Å²) >= 11 is 0. The van der Waals surface area contributed by atoms with Crippen LogP contribution in [0.2, 0.25) is 0 Å². The molecule has 0 aliphatic carbocycles. The molecule has 1 aliphatic rings. The van der Waals surface area contributed by atoms with Gasteiger partial charge in [0.15, 0.2) is 0 Å². The smallest absolute Gasteiger partial charge is 0.120 e. The number of fused-ring (bicyclic) bond motifs is 1. The molecular weight excluding hydrogens is 188 g/mol. The molecule has 0 amide bonds. The maximum absolute atomic E-state index is 5.20. The summed E-state index contributed by atoms with van der Waals surface area (Å²) in [5.41, 5.74) is 2.65. The van der Waals surface area contributed by atoms with Gasteiger partial charge >= 0.3 is 0 Å². The second-order valence-electron chi connectivity index (χ2n) is 3.92. The van der Waals surface area contributed by atoms with E-state index in [1.807, 2.05) is 13.1 Å². The molecule has 0 spiro atoms. The first-order valence-electron chi connectivity index (χ1n) is 5.41. The van der Waals surface area contributed by atoms with Crippen LogP contribution >= 0.6 is 0 Å². The molecule has 0 fully saturated rings. The molecule has 0 saturated heterocycles. The summed E-state index contributed by atoms with van der Waals surface area (Å²) in [6.45, 7) is 2.11. The Morgan fingerprint density at radius 2 is 2.40 bits per heavy atom. The third-order valence-corrected chi connectivity index (χ3v) is 2.98. The zero-order valence-electron chi connectivity index (χ0n) is 9.34. The lowest BCUT2D eigenvalue weighted by molar-refractivity contribution is 0.415. The Bertz CT molecular complexity index is 338. The lowest BCUT2D eigenvalue weighted by Gasteiger charge is -2.09. The molecule has 82 valence electrons. The van der Waals surface area contributed by atoms with Gasteiger partial charge < -0.3 is 15.4 Å². The Morgan fingerprint density at radius 3 is 3.13 bits per heavy atom. The van der Waals surface area contributed by atoms with E-state index in [-0.39, 0.29) is 0 Å². The minimum Gasteiger partial charge on any atom is -0.497 e. The minimum absolute atomic E-state index is 0.637. The number of ether oxygens (including phenoxy) is 1. The molecule has 1 heterocycles. The van der Waals surface area contributed by atoms with Crippen LogP contribution in [0.1, 0.15) is 17.9 Å². The molecule has 0 unspecified atom stereocenters. The largest absolute Gasteiger partial charge is 0.497 e. The van der Waals surface area contributed by atoms with Crippen molar-refractivity contribution in [2.75, 3.05) is 32.6 Å². The van der Waals surface area contributed by atoms with Crippen LogP contribution in [0.25, 0.3) is 0 Å². The molecule has 1 aliphatic heterocycles. The highest BCUT2D eigenvalue weighted by atomic mass is 16.5. The van der Waals surface area contributed by atoms with Crippen LogP contribution in [0.4, 0.5) is 5.69 Å². The van der Waals surface area contributed by atoms with Crippen molar-refractivity contribution < 1.29 is 4.74 Å². The Morgan fingerprint density at radius 1 is 1.53 bits per heavy atom. The minimum atomic E-state index is 0.637. The molecule has 3 nitrogen and oxygen atoms in total. The summed E-state index contributed by atoms with van der Waals surface area (Å²) in [4.78, 5) is 0. The fraction of sp³-hybridized carbons (Fsp3) is 0.500. The molecule has 1 aromatic carbocycles. The van der Waals surface area contributed by atoms with Gasteiger partial charge in [-0.15, -0.1) is 0 Å². The topological polar surface area (TPSA) is 33.3 Å². The monoisotopic (exact) mass is 206 g/mol. The van der Waals surface area contributed by atoms with Crippen molar-refractivity contribution in [1.29, 1.82) is 0 Å². The Labute approximate surface area is 90.8 Å². The van der Waals surface area contributed by atoms with Crippen LogP contribution in [-0.2, 0) is 0 Å². The second kappa shape index (κ2) is 4.53. The van der Waals surface area contributed by atoms with Gasteiger partial charge in [-0.2, -0.15) is 0 Å². The molecule has 2 N–H and O–H groups in total. The van der Waals surface area contributed by atoms with Crippen molar-refractivity contribution in [3.05, 3.63) is 23.8 Å². The highest BCUT2D eigenvalue weighted by Crippen LogP contribution is 2.35. The average Bonchev–Trinajstić information content (AvgIpc) is 2.68.